The van der Waals surface area contributed by atoms with Gasteiger partial charge in [0, 0.05) is 0 Å². The molecular formula is C33H34OP+. The van der Waals surface area contributed by atoms with Crippen molar-refractivity contribution >= 4 is 29.5 Å². The molecule has 0 atom stereocenters. The number of allylic oxidation sites excluding steroid dienone is 10. The van der Waals surface area contributed by atoms with Gasteiger partial charge in [-0.3, -0.25) is 4.79 Å². The van der Waals surface area contributed by atoms with Gasteiger partial charge in [0.05, 0.1) is 6.16 Å². The van der Waals surface area contributed by atoms with E-state index in [4.69, 9.17) is 0 Å². The van der Waals surface area contributed by atoms with Crippen LogP contribution >= 0.6 is 7.26 Å². The lowest BCUT2D eigenvalue weighted by molar-refractivity contribution is -0.104. The first kappa shape index (κ1) is 26.1. The zero-order chi connectivity index (χ0) is 24.9. The number of hydrogen-bond donors (Lipinski definition) is 0. The summed E-state index contributed by atoms with van der Waals surface area (Å²) in [6.45, 7) is 6.09. The number of rotatable bonds is 10. The zero-order valence-electron chi connectivity index (χ0n) is 20.8. The van der Waals surface area contributed by atoms with Crippen LogP contribution in [0.25, 0.3) is 0 Å². The van der Waals surface area contributed by atoms with E-state index in [-0.39, 0.29) is 0 Å². The van der Waals surface area contributed by atoms with Crippen molar-refractivity contribution in [2.75, 3.05) is 6.16 Å². The highest BCUT2D eigenvalue weighted by Crippen LogP contribution is 2.56. The minimum Gasteiger partial charge on any atom is -0.298 e. The van der Waals surface area contributed by atoms with E-state index in [1.807, 2.05) is 18.2 Å². The molecule has 176 valence electrons. The lowest BCUT2D eigenvalue weighted by atomic mass is 10.2. The highest BCUT2D eigenvalue weighted by molar-refractivity contribution is 7.95. The quantitative estimate of drug-likeness (QED) is 0.131. The highest BCUT2D eigenvalue weighted by Gasteiger charge is 2.45. The molecule has 0 saturated heterocycles. The van der Waals surface area contributed by atoms with Crippen LogP contribution < -0.4 is 15.9 Å². The Labute approximate surface area is 211 Å². The molecule has 1 nitrogen and oxygen atoms in total. The fourth-order valence-electron chi connectivity index (χ4n) is 4.07. The first-order chi connectivity index (χ1) is 17.1. The van der Waals surface area contributed by atoms with E-state index in [2.05, 4.69) is 129 Å². The minimum atomic E-state index is -1.87. The minimum absolute atomic E-state index is 0.713. The van der Waals surface area contributed by atoms with Gasteiger partial charge in [0.25, 0.3) is 0 Å². The highest BCUT2D eigenvalue weighted by atomic mass is 31.2. The van der Waals surface area contributed by atoms with Gasteiger partial charge >= 0.3 is 0 Å². The van der Waals surface area contributed by atoms with Crippen LogP contribution in [0.2, 0.25) is 0 Å². The van der Waals surface area contributed by atoms with Crippen molar-refractivity contribution in [1.82, 2.24) is 0 Å². The van der Waals surface area contributed by atoms with Crippen molar-refractivity contribution in [2.45, 2.75) is 20.8 Å². The standard InChI is InChI=1S/C33H34OP/c1-28(18-15-19-29(2)26-34)16-13-14-17-30(3)27-35(31-20-7-4-8-21-31,32-22-9-5-10-23-32)33-24-11-6-12-25-33/h4-26H,27H2,1-3H3/q+1/b14-13+,18-15+,28-16+,29-19+,30-17+. The van der Waals surface area contributed by atoms with E-state index >= 15 is 0 Å². The molecule has 0 fully saturated rings. The van der Waals surface area contributed by atoms with E-state index in [1.54, 1.807) is 6.92 Å². The number of aldehydes is 1. The summed E-state index contributed by atoms with van der Waals surface area (Å²) in [4.78, 5) is 10.7. The van der Waals surface area contributed by atoms with Crippen LogP contribution in [-0.4, -0.2) is 12.4 Å². The Kier molecular flexibility index (Phi) is 9.96. The molecule has 0 N–H and O–H groups in total. The Morgan fingerprint density at radius 2 is 1.03 bits per heavy atom. The third kappa shape index (κ3) is 7.22. The second kappa shape index (κ2) is 13.4. The molecule has 0 aliphatic rings. The fraction of sp³-hybridized carbons (Fsp3) is 0.121. The molecule has 0 aliphatic carbocycles. The SMILES string of the molecule is C\C(C=O)=C/C=C/C(C)=C/C=C/C=C(\C)C[P+](c1ccccc1)(c1ccccc1)c1ccccc1. The number of hydrogen-bond acceptors (Lipinski definition) is 1. The number of carbonyl (C=O) groups is 1. The van der Waals surface area contributed by atoms with Gasteiger partial charge < -0.3 is 0 Å². The third-order valence-corrected chi connectivity index (χ3v) is 10.3. The normalized spacial score (nSPS) is 13.5. The van der Waals surface area contributed by atoms with E-state index in [9.17, 15) is 4.79 Å². The lowest BCUT2D eigenvalue weighted by Gasteiger charge is -2.28. The van der Waals surface area contributed by atoms with Crippen molar-refractivity contribution in [3.05, 3.63) is 150 Å². The molecule has 3 aromatic carbocycles. The molecule has 3 aromatic rings. The van der Waals surface area contributed by atoms with Crippen LogP contribution in [0, 0.1) is 0 Å². The van der Waals surface area contributed by atoms with Gasteiger partial charge in [0.2, 0.25) is 0 Å². The van der Waals surface area contributed by atoms with Gasteiger partial charge in [-0.2, -0.15) is 0 Å². The number of benzene rings is 3. The Morgan fingerprint density at radius 3 is 1.49 bits per heavy atom. The second-order valence-corrected chi connectivity index (χ2v) is 12.2. The van der Waals surface area contributed by atoms with Crippen LogP contribution in [-0.2, 0) is 4.79 Å². The topological polar surface area (TPSA) is 17.1 Å². The maximum atomic E-state index is 10.7. The third-order valence-electron chi connectivity index (χ3n) is 5.83. The number of carbonyl (C=O) groups excluding carboxylic acids is 1. The smallest absolute Gasteiger partial charge is 0.145 e. The average molecular weight is 478 g/mol. The molecular weight excluding hydrogens is 443 g/mol. The molecule has 0 spiro atoms. The summed E-state index contributed by atoms with van der Waals surface area (Å²) in [6, 6.07) is 32.9. The molecule has 0 bridgehead atoms. The van der Waals surface area contributed by atoms with Crippen LogP contribution in [0.4, 0.5) is 0 Å². The predicted octanol–water partition coefficient (Wildman–Crippen LogP) is 7.13. The van der Waals surface area contributed by atoms with Crippen LogP contribution in [0.5, 0.6) is 0 Å². The summed E-state index contributed by atoms with van der Waals surface area (Å²) in [5.74, 6) is 0. The van der Waals surface area contributed by atoms with E-state index in [1.165, 1.54) is 21.5 Å². The van der Waals surface area contributed by atoms with Crippen LogP contribution in [0.15, 0.2) is 150 Å². The van der Waals surface area contributed by atoms with Gasteiger partial charge in [-0.15, -0.1) is 0 Å². The fourth-order valence-corrected chi connectivity index (χ4v) is 8.41. The second-order valence-electron chi connectivity index (χ2n) is 8.67. The molecule has 0 radical (unpaired) electrons. The van der Waals surface area contributed by atoms with Gasteiger partial charge in [0.1, 0.15) is 29.5 Å². The summed E-state index contributed by atoms with van der Waals surface area (Å²) >= 11 is 0. The van der Waals surface area contributed by atoms with Crippen molar-refractivity contribution in [3.63, 3.8) is 0 Å². The van der Waals surface area contributed by atoms with Gasteiger partial charge in [0.15, 0.2) is 0 Å². The molecule has 35 heavy (non-hydrogen) atoms. The van der Waals surface area contributed by atoms with E-state index < -0.39 is 7.26 Å². The Bertz CT molecular complexity index is 1130. The molecule has 0 saturated carbocycles. The Hall–Kier alpha value is -3.54. The summed E-state index contributed by atoms with van der Waals surface area (Å²) in [5.41, 5.74) is 3.18. The van der Waals surface area contributed by atoms with Crippen LogP contribution in [0.3, 0.4) is 0 Å². The average Bonchev–Trinajstić information content (AvgIpc) is 2.91. The lowest BCUT2D eigenvalue weighted by Crippen LogP contribution is -2.33. The van der Waals surface area contributed by atoms with E-state index in [0.717, 1.165) is 18.0 Å². The summed E-state index contributed by atoms with van der Waals surface area (Å²) in [7, 11) is -1.87. The zero-order valence-corrected chi connectivity index (χ0v) is 21.7. The maximum absolute atomic E-state index is 10.7. The molecule has 3 rings (SSSR count). The molecule has 0 unspecified atom stereocenters. The van der Waals surface area contributed by atoms with Crippen molar-refractivity contribution in [2.24, 2.45) is 0 Å². The van der Waals surface area contributed by atoms with Gasteiger partial charge in [-0.05, 0) is 68.3 Å². The van der Waals surface area contributed by atoms with Crippen molar-refractivity contribution < 1.29 is 4.79 Å². The van der Waals surface area contributed by atoms with Crippen molar-refractivity contribution in [3.8, 4) is 0 Å². The molecule has 2 heteroatoms. The summed E-state index contributed by atoms with van der Waals surface area (Å²) in [5, 5.41) is 4.19. The first-order valence-electron chi connectivity index (χ1n) is 11.9. The molecule has 0 aliphatic heterocycles. The van der Waals surface area contributed by atoms with Crippen molar-refractivity contribution in [1.29, 1.82) is 0 Å². The molecule has 0 amide bonds. The van der Waals surface area contributed by atoms with Gasteiger partial charge in [-0.1, -0.05) is 103 Å². The van der Waals surface area contributed by atoms with Gasteiger partial charge in [-0.25, -0.2) is 0 Å². The molecule has 0 heterocycles. The van der Waals surface area contributed by atoms with Crippen LogP contribution in [0.1, 0.15) is 20.8 Å². The Balaban J connectivity index is 1.95. The summed E-state index contributed by atoms with van der Waals surface area (Å²) in [6.07, 6.45) is 16.1. The predicted molar refractivity (Wildman–Crippen MR) is 156 cm³/mol. The summed E-state index contributed by atoms with van der Waals surface area (Å²) < 4.78 is 0. The molecule has 0 aromatic heterocycles. The Morgan fingerprint density at radius 1 is 0.600 bits per heavy atom. The maximum Gasteiger partial charge on any atom is 0.145 e. The largest absolute Gasteiger partial charge is 0.298 e. The first-order valence-corrected chi connectivity index (χ1v) is 13.9. The monoisotopic (exact) mass is 477 g/mol. The van der Waals surface area contributed by atoms with E-state index in [0.29, 0.717) is 5.57 Å².